The smallest absolute Gasteiger partial charge is 0.335 e. The van der Waals surface area contributed by atoms with Gasteiger partial charge in [0.15, 0.2) is 0 Å². The highest BCUT2D eigenvalue weighted by Gasteiger charge is 2.04. The van der Waals surface area contributed by atoms with E-state index >= 15 is 0 Å². The number of aromatic nitrogens is 1. The third-order valence-electron chi connectivity index (χ3n) is 2.37. The van der Waals surface area contributed by atoms with Crippen LogP contribution in [-0.4, -0.2) is 23.2 Å². The molecular weight excluding hydrogens is 232 g/mol. The summed E-state index contributed by atoms with van der Waals surface area (Å²) in [5, 5.41) is 11.9. The fraction of sp³-hybridized carbons (Fsp3) is 0.0769. The molecule has 0 unspecified atom stereocenters. The predicted molar refractivity (Wildman–Crippen MR) is 67.5 cm³/mol. The molecule has 0 saturated carbocycles. The average Bonchev–Trinajstić information content (AvgIpc) is 2.40. The molecular formula is C13H12N2O3. The molecule has 2 rings (SSSR count). The lowest BCUT2D eigenvalue weighted by Gasteiger charge is -2.07. The molecule has 1 aromatic heterocycles. The fourth-order valence-corrected chi connectivity index (χ4v) is 1.45. The molecule has 0 radical (unpaired) electrons. The van der Waals surface area contributed by atoms with Crippen LogP contribution in [0.2, 0.25) is 0 Å². The number of rotatable bonds is 4. The zero-order valence-corrected chi connectivity index (χ0v) is 9.75. The van der Waals surface area contributed by atoms with Crippen LogP contribution in [0, 0.1) is 0 Å². The lowest BCUT2D eigenvalue weighted by Crippen LogP contribution is -1.99. The van der Waals surface area contributed by atoms with Gasteiger partial charge in [-0.25, -0.2) is 9.78 Å². The van der Waals surface area contributed by atoms with Crippen molar-refractivity contribution in [2.24, 2.45) is 0 Å². The molecule has 2 aromatic rings. The van der Waals surface area contributed by atoms with Crippen molar-refractivity contribution < 1.29 is 14.6 Å². The van der Waals surface area contributed by atoms with E-state index in [-0.39, 0.29) is 5.56 Å². The minimum absolute atomic E-state index is 0.195. The van der Waals surface area contributed by atoms with E-state index in [1.165, 1.54) is 18.3 Å². The Balaban J connectivity index is 2.17. The number of carboxylic acid groups (broad SMARTS) is 1. The Morgan fingerprint density at radius 3 is 2.61 bits per heavy atom. The van der Waals surface area contributed by atoms with Gasteiger partial charge in [-0.05, 0) is 36.4 Å². The Bertz CT molecular complexity index is 552. The van der Waals surface area contributed by atoms with E-state index in [4.69, 9.17) is 9.84 Å². The van der Waals surface area contributed by atoms with Crippen LogP contribution in [0.4, 0.5) is 11.5 Å². The number of hydrogen-bond acceptors (Lipinski definition) is 4. The molecule has 5 nitrogen and oxygen atoms in total. The molecule has 1 aromatic carbocycles. The maximum absolute atomic E-state index is 10.8. The first-order valence-electron chi connectivity index (χ1n) is 5.29. The van der Waals surface area contributed by atoms with Crippen LogP contribution >= 0.6 is 0 Å². The van der Waals surface area contributed by atoms with Crippen LogP contribution in [0.5, 0.6) is 5.75 Å². The number of aromatic carboxylic acids is 1. The summed E-state index contributed by atoms with van der Waals surface area (Å²) in [5.74, 6) is 0.267. The third kappa shape index (κ3) is 2.76. The van der Waals surface area contributed by atoms with Gasteiger partial charge in [0.1, 0.15) is 11.6 Å². The van der Waals surface area contributed by atoms with Gasteiger partial charge in [-0.15, -0.1) is 0 Å². The van der Waals surface area contributed by atoms with Crippen LogP contribution in [0.3, 0.4) is 0 Å². The van der Waals surface area contributed by atoms with E-state index < -0.39 is 5.97 Å². The van der Waals surface area contributed by atoms with E-state index in [2.05, 4.69) is 10.3 Å². The molecule has 0 spiro atoms. The number of nitrogens with one attached hydrogen (secondary N) is 1. The molecule has 0 fully saturated rings. The number of anilines is 2. The van der Waals surface area contributed by atoms with Crippen molar-refractivity contribution in [1.82, 2.24) is 4.98 Å². The van der Waals surface area contributed by atoms with Crippen LogP contribution < -0.4 is 10.1 Å². The Hall–Kier alpha value is -2.56. The maximum atomic E-state index is 10.8. The van der Waals surface area contributed by atoms with Crippen LogP contribution in [-0.2, 0) is 0 Å². The van der Waals surface area contributed by atoms with E-state index in [9.17, 15) is 4.79 Å². The second kappa shape index (κ2) is 5.18. The zero-order chi connectivity index (χ0) is 13.0. The Labute approximate surface area is 104 Å². The monoisotopic (exact) mass is 244 g/mol. The average molecular weight is 244 g/mol. The maximum Gasteiger partial charge on any atom is 0.335 e. The molecule has 0 amide bonds. The summed E-state index contributed by atoms with van der Waals surface area (Å²) in [6.07, 6.45) is 1.45. The number of pyridine rings is 1. The molecule has 0 aliphatic carbocycles. The highest BCUT2D eigenvalue weighted by molar-refractivity contribution is 5.88. The van der Waals surface area contributed by atoms with Crippen molar-refractivity contribution in [2.75, 3.05) is 12.4 Å². The fourth-order valence-electron chi connectivity index (χ4n) is 1.45. The standard InChI is InChI=1S/C13H12N2O3/c1-18-11-4-2-10(3-5-11)15-12-8-9(13(16)17)6-7-14-12/h2-8H,1H3,(H,14,15)(H,16,17). The molecule has 92 valence electrons. The molecule has 0 atom stereocenters. The normalized spacial score (nSPS) is 9.83. The molecule has 0 saturated heterocycles. The van der Waals surface area contributed by atoms with Crippen molar-refractivity contribution in [3.8, 4) is 5.75 Å². The Morgan fingerprint density at radius 1 is 1.28 bits per heavy atom. The summed E-state index contributed by atoms with van der Waals surface area (Å²) in [5.41, 5.74) is 1.01. The first-order valence-corrected chi connectivity index (χ1v) is 5.29. The van der Waals surface area contributed by atoms with Gasteiger partial charge in [0.25, 0.3) is 0 Å². The minimum Gasteiger partial charge on any atom is -0.497 e. The van der Waals surface area contributed by atoms with E-state index in [1.54, 1.807) is 7.11 Å². The molecule has 1 heterocycles. The van der Waals surface area contributed by atoms with E-state index in [0.717, 1.165) is 11.4 Å². The molecule has 0 aliphatic heterocycles. The van der Waals surface area contributed by atoms with Crippen LogP contribution in [0.1, 0.15) is 10.4 Å². The quantitative estimate of drug-likeness (QED) is 0.864. The number of carboxylic acids is 1. The van der Waals surface area contributed by atoms with E-state index in [1.807, 2.05) is 24.3 Å². The molecule has 0 bridgehead atoms. The topological polar surface area (TPSA) is 71.5 Å². The SMILES string of the molecule is COc1ccc(Nc2cc(C(=O)O)ccn2)cc1. The Kier molecular flexibility index (Phi) is 3.43. The minimum atomic E-state index is -0.977. The van der Waals surface area contributed by atoms with Gasteiger partial charge in [0.05, 0.1) is 12.7 Å². The number of methoxy groups -OCH3 is 1. The van der Waals surface area contributed by atoms with Crippen LogP contribution in [0.25, 0.3) is 0 Å². The van der Waals surface area contributed by atoms with Crippen molar-refractivity contribution in [3.63, 3.8) is 0 Å². The molecule has 2 N–H and O–H groups in total. The van der Waals surface area contributed by atoms with Gasteiger partial charge in [-0.3, -0.25) is 0 Å². The first-order chi connectivity index (χ1) is 8.69. The van der Waals surface area contributed by atoms with Crippen molar-refractivity contribution >= 4 is 17.5 Å². The predicted octanol–water partition coefficient (Wildman–Crippen LogP) is 2.53. The van der Waals surface area contributed by atoms with Gasteiger partial charge in [0, 0.05) is 11.9 Å². The lowest BCUT2D eigenvalue weighted by molar-refractivity contribution is 0.0697. The first kappa shape index (κ1) is 11.9. The Morgan fingerprint density at radius 2 is 2.00 bits per heavy atom. The summed E-state index contributed by atoms with van der Waals surface area (Å²) in [6, 6.07) is 10.2. The van der Waals surface area contributed by atoms with Crippen LogP contribution in [0.15, 0.2) is 42.6 Å². The molecule has 5 heteroatoms. The zero-order valence-electron chi connectivity index (χ0n) is 9.75. The molecule has 18 heavy (non-hydrogen) atoms. The number of carbonyl (C=O) groups is 1. The van der Waals surface area contributed by atoms with Gasteiger partial charge in [0.2, 0.25) is 0 Å². The van der Waals surface area contributed by atoms with Crippen molar-refractivity contribution in [3.05, 3.63) is 48.2 Å². The second-order valence-corrected chi connectivity index (χ2v) is 3.59. The van der Waals surface area contributed by atoms with Gasteiger partial charge in [-0.1, -0.05) is 0 Å². The number of benzene rings is 1. The molecule has 0 aliphatic rings. The summed E-state index contributed by atoms with van der Waals surface area (Å²) < 4.78 is 5.05. The number of hydrogen-bond donors (Lipinski definition) is 2. The summed E-state index contributed by atoms with van der Waals surface area (Å²) in [6.45, 7) is 0. The largest absolute Gasteiger partial charge is 0.497 e. The summed E-state index contributed by atoms with van der Waals surface area (Å²) >= 11 is 0. The summed E-state index contributed by atoms with van der Waals surface area (Å²) in [7, 11) is 1.60. The van der Waals surface area contributed by atoms with Gasteiger partial charge < -0.3 is 15.2 Å². The van der Waals surface area contributed by atoms with E-state index in [0.29, 0.717) is 5.82 Å². The van der Waals surface area contributed by atoms with Crippen molar-refractivity contribution in [2.45, 2.75) is 0 Å². The number of ether oxygens (including phenoxy) is 1. The highest BCUT2D eigenvalue weighted by Crippen LogP contribution is 2.19. The van der Waals surface area contributed by atoms with Crippen molar-refractivity contribution in [1.29, 1.82) is 0 Å². The highest BCUT2D eigenvalue weighted by atomic mass is 16.5. The number of nitrogens with zero attached hydrogens (tertiary/aromatic N) is 1. The lowest BCUT2D eigenvalue weighted by atomic mass is 10.2. The third-order valence-corrected chi connectivity index (χ3v) is 2.37. The van der Waals surface area contributed by atoms with Gasteiger partial charge in [-0.2, -0.15) is 0 Å². The summed E-state index contributed by atoms with van der Waals surface area (Å²) in [4.78, 5) is 14.9. The van der Waals surface area contributed by atoms with Gasteiger partial charge >= 0.3 is 5.97 Å². The second-order valence-electron chi connectivity index (χ2n) is 3.59.